The fraction of sp³-hybridized carbons (Fsp3) is 0.500. The highest BCUT2D eigenvalue weighted by Crippen LogP contribution is 2.38. The van der Waals surface area contributed by atoms with Gasteiger partial charge in [0.1, 0.15) is 11.6 Å². The molecule has 1 unspecified atom stereocenters. The third-order valence-electron chi connectivity index (χ3n) is 7.29. The Bertz CT molecular complexity index is 968. The van der Waals surface area contributed by atoms with E-state index in [1.54, 1.807) is 12.1 Å². The number of hydrogen-bond acceptors (Lipinski definition) is 4. The molecule has 2 fully saturated rings. The first kappa shape index (κ1) is 25.2. The Kier molecular flexibility index (Phi) is 8.39. The predicted molar refractivity (Wildman–Crippen MR) is 132 cm³/mol. The van der Waals surface area contributed by atoms with Gasteiger partial charge in [0.25, 0.3) is 0 Å². The van der Waals surface area contributed by atoms with Gasteiger partial charge in [0.05, 0.1) is 25.7 Å². The maximum atomic E-state index is 13.4. The van der Waals surface area contributed by atoms with Crippen LogP contribution in [-0.2, 0) is 14.3 Å². The Morgan fingerprint density at radius 3 is 2.26 bits per heavy atom. The first-order valence-corrected chi connectivity index (χ1v) is 12.6. The largest absolute Gasteiger partial charge is 0.493 e. The number of nitrogens with zero attached hydrogens (tertiary/aromatic N) is 2. The van der Waals surface area contributed by atoms with E-state index in [0.717, 1.165) is 12.0 Å². The zero-order valence-electron chi connectivity index (χ0n) is 20.5. The lowest BCUT2D eigenvalue weighted by Crippen LogP contribution is -2.50. The van der Waals surface area contributed by atoms with Crippen LogP contribution in [-0.4, -0.2) is 67.6 Å². The molecule has 188 valence electrons. The first-order chi connectivity index (χ1) is 17.0. The van der Waals surface area contributed by atoms with Crippen LogP contribution >= 0.6 is 0 Å². The average Bonchev–Trinajstić information content (AvgIpc) is 2.90. The van der Waals surface area contributed by atoms with Crippen molar-refractivity contribution in [2.45, 2.75) is 38.5 Å². The Morgan fingerprint density at radius 1 is 0.971 bits per heavy atom. The quantitative estimate of drug-likeness (QED) is 0.564. The van der Waals surface area contributed by atoms with E-state index < -0.39 is 0 Å². The van der Waals surface area contributed by atoms with Crippen molar-refractivity contribution >= 4 is 11.8 Å². The van der Waals surface area contributed by atoms with Crippen LogP contribution in [0.4, 0.5) is 4.39 Å². The molecule has 0 bridgehead atoms. The highest BCUT2D eigenvalue weighted by Gasteiger charge is 2.40. The highest BCUT2D eigenvalue weighted by atomic mass is 19.1. The summed E-state index contributed by atoms with van der Waals surface area (Å²) < 4.78 is 24.8. The van der Waals surface area contributed by atoms with Gasteiger partial charge in [-0.1, -0.05) is 37.3 Å². The minimum Gasteiger partial charge on any atom is -0.493 e. The summed E-state index contributed by atoms with van der Waals surface area (Å²) in [6.45, 7) is 5.90. The van der Waals surface area contributed by atoms with Gasteiger partial charge in [-0.05, 0) is 49.1 Å². The number of piperidine rings is 1. The summed E-state index contributed by atoms with van der Waals surface area (Å²) in [6, 6.07) is 15.9. The molecule has 0 saturated carbocycles. The molecule has 2 aliphatic rings. The number of rotatable bonds is 8. The number of morpholine rings is 1. The molecule has 2 aliphatic heterocycles. The molecule has 7 heteroatoms. The van der Waals surface area contributed by atoms with Gasteiger partial charge in [0, 0.05) is 38.0 Å². The molecule has 4 rings (SSSR count). The lowest BCUT2D eigenvalue weighted by atomic mass is 9.75. The lowest BCUT2D eigenvalue weighted by Gasteiger charge is -2.43. The second kappa shape index (κ2) is 11.7. The standard InChI is InChI=1S/C28H35FN2O4/c1-2-25(22-6-4-3-5-7-22)27(33)31-14-12-28(13-15-31,20-26(32)30-16-18-34-19-17-30)21-35-24-10-8-23(29)9-11-24/h3-11,25H,2,12-21H2,1H3. The molecule has 1 atom stereocenters. The molecule has 0 N–H and O–H groups in total. The van der Waals surface area contributed by atoms with Crippen LogP contribution in [0.5, 0.6) is 5.75 Å². The molecule has 0 radical (unpaired) electrons. The number of ether oxygens (including phenoxy) is 2. The van der Waals surface area contributed by atoms with Gasteiger partial charge in [0.15, 0.2) is 0 Å². The van der Waals surface area contributed by atoms with Crippen LogP contribution in [0.1, 0.15) is 44.1 Å². The Hall–Kier alpha value is -2.93. The van der Waals surface area contributed by atoms with Crippen molar-refractivity contribution in [2.24, 2.45) is 5.41 Å². The van der Waals surface area contributed by atoms with E-state index in [4.69, 9.17) is 9.47 Å². The third kappa shape index (κ3) is 6.40. The SMILES string of the molecule is CCC(C(=O)N1CCC(COc2ccc(F)cc2)(CC(=O)N2CCOCC2)CC1)c1ccccc1. The number of benzene rings is 2. The van der Waals surface area contributed by atoms with Crippen LogP contribution in [0.15, 0.2) is 54.6 Å². The number of halogens is 1. The molecule has 35 heavy (non-hydrogen) atoms. The summed E-state index contributed by atoms with van der Waals surface area (Å²) in [5, 5.41) is 0. The number of likely N-dealkylation sites (tertiary alicyclic amines) is 1. The van der Waals surface area contributed by atoms with E-state index in [9.17, 15) is 14.0 Å². The normalized spacial score (nSPS) is 18.7. The van der Waals surface area contributed by atoms with E-state index >= 15 is 0 Å². The van der Waals surface area contributed by atoms with Gasteiger partial charge in [-0.2, -0.15) is 0 Å². The van der Waals surface area contributed by atoms with Crippen molar-refractivity contribution in [1.29, 1.82) is 0 Å². The zero-order valence-corrected chi connectivity index (χ0v) is 20.5. The first-order valence-electron chi connectivity index (χ1n) is 12.6. The lowest BCUT2D eigenvalue weighted by molar-refractivity contribution is -0.141. The molecular weight excluding hydrogens is 447 g/mol. The van der Waals surface area contributed by atoms with E-state index in [1.165, 1.54) is 12.1 Å². The zero-order chi connectivity index (χ0) is 24.7. The molecule has 6 nitrogen and oxygen atoms in total. The van der Waals surface area contributed by atoms with Crippen molar-refractivity contribution in [2.75, 3.05) is 46.0 Å². The van der Waals surface area contributed by atoms with E-state index in [2.05, 4.69) is 0 Å². The average molecular weight is 483 g/mol. The second-order valence-corrected chi connectivity index (χ2v) is 9.61. The fourth-order valence-electron chi connectivity index (χ4n) is 5.04. The van der Waals surface area contributed by atoms with Gasteiger partial charge in [-0.15, -0.1) is 0 Å². The predicted octanol–water partition coefficient (Wildman–Crippen LogP) is 4.26. The molecular formula is C28H35FN2O4. The maximum absolute atomic E-state index is 13.4. The van der Waals surface area contributed by atoms with Crippen LogP contribution in [0.3, 0.4) is 0 Å². The smallest absolute Gasteiger partial charge is 0.230 e. The summed E-state index contributed by atoms with van der Waals surface area (Å²) in [6.07, 6.45) is 2.47. The Labute approximate surface area is 207 Å². The van der Waals surface area contributed by atoms with Gasteiger partial charge in [0.2, 0.25) is 11.8 Å². The van der Waals surface area contributed by atoms with Crippen molar-refractivity contribution in [3.63, 3.8) is 0 Å². The number of carbonyl (C=O) groups is 2. The molecule has 0 spiro atoms. The number of amides is 2. The molecule has 2 heterocycles. The Morgan fingerprint density at radius 2 is 1.63 bits per heavy atom. The van der Waals surface area contributed by atoms with Gasteiger partial charge in [-0.25, -0.2) is 4.39 Å². The summed E-state index contributed by atoms with van der Waals surface area (Å²) in [5.41, 5.74) is 0.661. The van der Waals surface area contributed by atoms with Gasteiger partial charge < -0.3 is 19.3 Å². The van der Waals surface area contributed by atoms with Crippen molar-refractivity contribution in [1.82, 2.24) is 9.80 Å². The van der Waals surface area contributed by atoms with E-state index in [-0.39, 0.29) is 29.0 Å². The summed E-state index contributed by atoms with van der Waals surface area (Å²) >= 11 is 0. The maximum Gasteiger partial charge on any atom is 0.230 e. The van der Waals surface area contributed by atoms with Gasteiger partial charge >= 0.3 is 0 Å². The highest BCUT2D eigenvalue weighted by molar-refractivity contribution is 5.84. The molecule has 2 amide bonds. The van der Waals surface area contributed by atoms with Crippen LogP contribution < -0.4 is 4.74 Å². The van der Waals surface area contributed by atoms with Crippen LogP contribution in [0, 0.1) is 11.2 Å². The second-order valence-electron chi connectivity index (χ2n) is 9.61. The van der Waals surface area contributed by atoms with E-state index in [0.29, 0.717) is 71.0 Å². The van der Waals surface area contributed by atoms with E-state index in [1.807, 2.05) is 47.1 Å². The minimum atomic E-state index is -0.380. The van der Waals surface area contributed by atoms with Crippen molar-refractivity contribution in [3.05, 3.63) is 66.0 Å². The summed E-state index contributed by atoms with van der Waals surface area (Å²) in [5.74, 6) is 0.357. The molecule has 2 aromatic carbocycles. The topological polar surface area (TPSA) is 59.1 Å². The third-order valence-corrected chi connectivity index (χ3v) is 7.29. The van der Waals surface area contributed by atoms with Crippen LogP contribution in [0.25, 0.3) is 0 Å². The monoisotopic (exact) mass is 482 g/mol. The fourth-order valence-corrected chi connectivity index (χ4v) is 5.04. The minimum absolute atomic E-state index is 0.103. The molecule has 0 aliphatic carbocycles. The van der Waals surface area contributed by atoms with Gasteiger partial charge in [-0.3, -0.25) is 9.59 Å². The number of carbonyl (C=O) groups excluding carboxylic acids is 2. The van der Waals surface area contributed by atoms with Crippen molar-refractivity contribution < 1.29 is 23.5 Å². The summed E-state index contributed by atoms with van der Waals surface area (Å²) in [4.78, 5) is 30.4. The summed E-state index contributed by atoms with van der Waals surface area (Å²) in [7, 11) is 0. The molecule has 2 aromatic rings. The molecule has 0 aromatic heterocycles. The van der Waals surface area contributed by atoms with Crippen molar-refractivity contribution in [3.8, 4) is 5.75 Å². The number of hydrogen-bond donors (Lipinski definition) is 0. The van der Waals surface area contributed by atoms with Crippen LogP contribution in [0.2, 0.25) is 0 Å². The Balaban J connectivity index is 1.44. The molecule has 2 saturated heterocycles.